The Hall–Kier alpha value is -3.37. The number of nitrogens with one attached hydrogen (secondary N) is 1. The SMILES string of the molecule is CCOc1ccc(N(CC(=O)N(Cc2cccc(Br)c2)[C@H](Cc2ccccc2)C(=O)NC(C)(C)C)S(C)(=O)=O)cc1. The van der Waals surface area contributed by atoms with Crippen LogP contribution in [0.3, 0.4) is 0 Å². The highest BCUT2D eigenvalue weighted by Crippen LogP contribution is 2.24. The molecule has 0 radical (unpaired) electrons. The third-order valence-electron chi connectivity index (χ3n) is 6.13. The second kappa shape index (κ2) is 14.0. The van der Waals surface area contributed by atoms with Crippen LogP contribution in [-0.4, -0.2) is 56.1 Å². The molecule has 8 nitrogen and oxygen atoms in total. The smallest absolute Gasteiger partial charge is 0.244 e. The van der Waals surface area contributed by atoms with Crippen LogP contribution >= 0.6 is 15.9 Å². The minimum absolute atomic E-state index is 0.105. The average Bonchev–Trinajstić information content (AvgIpc) is 2.89. The van der Waals surface area contributed by atoms with Gasteiger partial charge in [0.15, 0.2) is 0 Å². The highest BCUT2D eigenvalue weighted by Gasteiger charge is 2.34. The molecule has 0 aliphatic heterocycles. The predicted octanol–water partition coefficient (Wildman–Crippen LogP) is 5.17. The van der Waals surface area contributed by atoms with Crippen LogP contribution in [0.5, 0.6) is 5.75 Å². The maximum atomic E-state index is 14.1. The largest absolute Gasteiger partial charge is 0.494 e. The Kier molecular flexibility index (Phi) is 11.0. The lowest BCUT2D eigenvalue weighted by Crippen LogP contribution is -2.56. The zero-order chi connectivity index (χ0) is 30.2. The van der Waals surface area contributed by atoms with Crippen molar-refractivity contribution in [2.45, 2.75) is 52.2 Å². The maximum absolute atomic E-state index is 14.1. The minimum atomic E-state index is -3.85. The molecule has 0 fully saturated rings. The van der Waals surface area contributed by atoms with Gasteiger partial charge in [0.2, 0.25) is 21.8 Å². The van der Waals surface area contributed by atoms with Crippen molar-refractivity contribution < 1.29 is 22.7 Å². The molecule has 2 amide bonds. The number of carbonyl (C=O) groups excluding carboxylic acids is 2. The van der Waals surface area contributed by atoms with Gasteiger partial charge in [0.1, 0.15) is 18.3 Å². The quantitative estimate of drug-likeness (QED) is 0.294. The van der Waals surface area contributed by atoms with Crippen LogP contribution < -0.4 is 14.4 Å². The molecule has 0 saturated heterocycles. The number of carbonyl (C=O) groups is 2. The molecule has 0 spiro atoms. The number of sulfonamides is 1. The minimum Gasteiger partial charge on any atom is -0.494 e. The Labute approximate surface area is 251 Å². The molecule has 0 bridgehead atoms. The van der Waals surface area contributed by atoms with E-state index in [0.29, 0.717) is 18.0 Å². The van der Waals surface area contributed by atoms with Gasteiger partial charge in [-0.05, 0) is 75.2 Å². The van der Waals surface area contributed by atoms with Crippen LogP contribution in [0.4, 0.5) is 5.69 Å². The molecular formula is C31H38BrN3O5S. The Morgan fingerprint density at radius 2 is 1.59 bits per heavy atom. The summed E-state index contributed by atoms with van der Waals surface area (Å²) in [5.74, 6) is -0.236. The molecular weight excluding hydrogens is 606 g/mol. The van der Waals surface area contributed by atoms with Crippen molar-refractivity contribution in [3.05, 3.63) is 94.5 Å². The molecule has 10 heteroatoms. The van der Waals surface area contributed by atoms with E-state index in [4.69, 9.17) is 4.74 Å². The second-order valence-corrected chi connectivity index (χ2v) is 13.6. The van der Waals surface area contributed by atoms with E-state index in [1.807, 2.05) is 82.3 Å². The molecule has 0 saturated carbocycles. The van der Waals surface area contributed by atoms with Crippen molar-refractivity contribution in [1.29, 1.82) is 0 Å². The van der Waals surface area contributed by atoms with Gasteiger partial charge in [-0.3, -0.25) is 13.9 Å². The van der Waals surface area contributed by atoms with Gasteiger partial charge in [-0.1, -0.05) is 58.4 Å². The lowest BCUT2D eigenvalue weighted by Gasteiger charge is -2.35. The zero-order valence-electron chi connectivity index (χ0n) is 24.1. The van der Waals surface area contributed by atoms with Crippen LogP contribution in [-0.2, 0) is 32.6 Å². The summed E-state index contributed by atoms with van der Waals surface area (Å²) in [4.78, 5) is 29.4. The molecule has 0 heterocycles. The number of halogens is 1. The molecule has 0 unspecified atom stereocenters. The van der Waals surface area contributed by atoms with Crippen LogP contribution in [0.2, 0.25) is 0 Å². The summed E-state index contributed by atoms with van der Waals surface area (Å²) in [6.07, 6.45) is 1.31. The van der Waals surface area contributed by atoms with E-state index in [9.17, 15) is 18.0 Å². The summed E-state index contributed by atoms with van der Waals surface area (Å²) in [7, 11) is -3.85. The number of benzene rings is 3. The highest BCUT2D eigenvalue weighted by molar-refractivity contribution is 9.10. The first kappa shape index (κ1) is 32.1. The standard InChI is InChI=1S/C31H38BrN3O5S/c1-6-40-27-17-15-26(16-18-27)35(41(5,38)39)22-29(36)34(21-24-13-10-14-25(32)19-24)28(30(37)33-31(2,3)4)20-23-11-8-7-9-12-23/h7-19,28H,6,20-22H2,1-5H3,(H,33,37)/t28-/m1/s1. The lowest BCUT2D eigenvalue weighted by molar-refractivity contribution is -0.140. The Morgan fingerprint density at radius 3 is 2.15 bits per heavy atom. The van der Waals surface area contributed by atoms with E-state index in [-0.39, 0.29) is 18.9 Å². The average molecular weight is 645 g/mol. The topological polar surface area (TPSA) is 96.0 Å². The third-order valence-corrected chi connectivity index (χ3v) is 7.76. The molecule has 220 valence electrons. The lowest BCUT2D eigenvalue weighted by atomic mass is 10.0. The van der Waals surface area contributed by atoms with Crippen molar-refractivity contribution in [3.63, 3.8) is 0 Å². The van der Waals surface area contributed by atoms with Crippen LogP contribution in [0.15, 0.2) is 83.3 Å². The van der Waals surface area contributed by atoms with Gasteiger partial charge in [0, 0.05) is 23.0 Å². The summed E-state index contributed by atoms with van der Waals surface area (Å²) >= 11 is 3.48. The van der Waals surface area contributed by atoms with Gasteiger partial charge in [-0.25, -0.2) is 8.42 Å². The number of anilines is 1. The number of nitrogens with zero attached hydrogens (tertiary/aromatic N) is 2. The van der Waals surface area contributed by atoms with E-state index < -0.39 is 34.1 Å². The Morgan fingerprint density at radius 1 is 0.951 bits per heavy atom. The van der Waals surface area contributed by atoms with Gasteiger partial charge >= 0.3 is 0 Å². The van der Waals surface area contributed by atoms with Gasteiger partial charge in [-0.2, -0.15) is 0 Å². The zero-order valence-corrected chi connectivity index (χ0v) is 26.5. The van der Waals surface area contributed by atoms with E-state index in [1.54, 1.807) is 24.3 Å². The summed E-state index contributed by atoms with van der Waals surface area (Å²) in [5, 5.41) is 3.02. The summed E-state index contributed by atoms with van der Waals surface area (Å²) in [5.41, 5.74) is 1.45. The molecule has 0 aliphatic rings. The number of ether oxygens (including phenoxy) is 1. The van der Waals surface area contributed by atoms with Gasteiger partial charge in [0.25, 0.3) is 0 Å². The maximum Gasteiger partial charge on any atom is 0.244 e. The normalized spacial score (nSPS) is 12.3. The highest BCUT2D eigenvalue weighted by atomic mass is 79.9. The number of hydrogen-bond acceptors (Lipinski definition) is 5. The second-order valence-electron chi connectivity index (χ2n) is 10.8. The molecule has 0 aliphatic carbocycles. The first-order valence-electron chi connectivity index (χ1n) is 13.4. The molecule has 3 aromatic rings. The molecule has 1 N–H and O–H groups in total. The van der Waals surface area contributed by atoms with E-state index in [1.165, 1.54) is 4.90 Å². The number of rotatable bonds is 12. The summed E-state index contributed by atoms with van der Waals surface area (Å²) in [6, 6.07) is 22.6. The number of amides is 2. The molecule has 3 rings (SSSR count). The van der Waals surface area contributed by atoms with Crippen LogP contribution in [0.25, 0.3) is 0 Å². The first-order valence-corrected chi connectivity index (χ1v) is 16.0. The number of hydrogen-bond donors (Lipinski definition) is 1. The van der Waals surface area contributed by atoms with Gasteiger partial charge < -0.3 is 15.0 Å². The molecule has 1 atom stereocenters. The van der Waals surface area contributed by atoms with E-state index in [0.717, 1.165) is 26.2 Å². The van der Waals surface area contributed by atoms with Crippen LogP contribution in [0, 0.1) is 0 Å². The van der Waals surface area contributed by atoms with Crippen LogP contribution in [0.1, 0.15) is 38.8 Å². The van der Waals surface area contributed by atoms with Crippen molar-refractivity contribution in [2.24, 2.45) is 0 Å². The van der Waals surface area contributed by atoms with Gasteiger partial charge in [0.05, 0.1) is 18.6 Å². The monoisotopic (exact) mass is 643 g/mol. The van der Waals surface area contributed by atoms with Crippen molar-refractivity contribution in [1.82, 2.24) is 10.2 Å². The first-order chi connectivity index (χ1) is 19.3. The van der Waals surface area contributed by atoms with Crippen molar-refractivity contribution in [3.8, 4) is 5.75 Å². The molecule has 0 aromatic heterocycles. The Balaban J connectivity index is 2.05. The van der Waals surface area contributed by atoms with Crippen molar-refractivity contribution in [2.75, 3.05) is 23.7 Å². The summed E-state index contributed by atoms with van der Waals surface area (Å²) < 4.78 is 33.2. The van der Waals surface area contributed by atoms with Gasteiger partial charge in [-0.15, -0.1) is 0 Å². The molecule has 41 heavy (non-hydrogen) atoms. The van der Waals surface area contributed by atoms with Crippen molar-refractivity contribution >= 4 is 43.5 Å². The fraction of sp³-hybridized carbons (Fsp3) is 0.355. The fourth-order valence-electron chi connectivity index (χ4n) is 4.33. The fourth-order valence-corrected chi connectivity index (χ4v) is 5.62. The Bertz CT molecular complexity index is 1420. The summed E-state index contributed by atoms with van der Waals surface area (Å²) in [6.45, 7) is 7.59. The third kappa shape index (κ3) is 9.89. The van der Waals surface area contributed by atoms with E-state index in [2.05, 4.69) is 21.2 Å². The molecule has 3 aromatic carbocycles. The van der Waals surface area contributed by atoms with E-state index >= 15 is 0 Å². The predicted molar refractivity (Wildman–Crippen MR) is 166 cm³/mol.